The Morgan fingerprint density at radius 1 is 1.21 bits per heavy atom. The van der Waals surface area contributed by atoms with E-state index in [4.69, 9.17) is 31.8 Å². The summed E-state index contributed by atoms with van der Waals surface area (Å²) in [6, 6.07) is 2.74. The molecule has 14 heteroatoms. The second-order valence-corrected chi connectivity index (χ2v) is 13.2. The lowest BCUT2D eigenvalue weighted by molar-refractivity contribution is 0.107. The molecule has 0 bridgehead atoms. The number of rotatable bonds is 4. The number of nitrogens with one attached hydrogen (secondary N) is 1. The number of halogens is 4. The minimum absolute atomic E-state index is 0.00386. The molecule has 0 radical (unpaired) electrons. The molecule has 0 aliphatic carbocycles. The normalized spacial score (nSPS) is 25.4. The Labute approximate surface area is 254 Å². The molecule has 3 saturated heterocycles. The Hall–Kier alpha value is -3.13. The summed E-state index contributed by atoms with van der Waals surface area (Å²) in [5.41, 5.74) is 5.94. The van der Waals surface area contributed by atoms with Crippen LogP contribution in [0.4, 0.5) is 24.1 Å². The summed E-state index contributed by atoms with van der Waals surface area (Å²) in [4.78, 5) is 18.0. The zero-order valence-corrected chi connectivity index (χ0v) is 24.7. The van der Waals surface area contributed by atoms with E-state index in [2.05, 4.69) is 25.1 Å². The summed E-state index contributed by atoms with van der Waals surface area (Å²) >= 11 is 7.95. The van der Waals surface area contributed by atoms with Crippen LogP contribution in [0.25, 0.3) is 32.2 Å². The van der Waals surface area contributed by atoms with Gasteiger partial charge in [0, 0.05) is 56.2 Å². The smallest absolute Gasteiger partial charge is 0.319 e. The standard InChI is InChI=1S/C29H29ClF3N7O2S/c30-20-18(16-2-3-17(32)25-22(16)36-27(34)43-25)21(33)23-19-24(20)41-9-4-15-11-35-6-8-40(15)26(19)38-28(37-23)42-13-29-5-1-7-39(29)12-14(31)10-29/h2-3,14-15,35H,1,4-13H2,(H2,34,36)/t14-,15+,29+/m1/s1. The van der Waals surface area contributed by atoms with Gasteiger partial charge in [-0.1, -0.05) is 22.9 Å². The first-order valence-electron chi connectivity index (χ1n) is 14.5. The van der Waals surface area contributed by atoms with Crippen molar-refractivity contribution in [2.24, 2.45) is 0 Å². The fraction of sp³-hybridized carbons (Fsp3) is 0.483. The molecule has 0 saturated carbocycles. The van der Waals surface area contributed by atoms with Gasteiger partial charge in [-0.05, 0) is 31.5 Å². The van der Waals surface area contributed by atoms with Crippen LogP contribution in [0.5, 0.6) is 11.8 Å². The Balaban J connectivity index is 1.33. The van der Waals surface area contributed by atoms with Gasteiger partial charge in [0.15, 0.2) is 16.7 Å². The quantitative estimate of drug-likeness (QED) is 0.324. The second-order valence-electron chi connectivity index (χ2n) is 11.8. The highest BCUT2D eigenvalue weighted by atomic mass is 35.5. The van der Waals surface area contributed by atoms with E-state index in [1.54, 1.807) is 0 Å². The minimum Gasteiger partial charge on any atom is -0.491 e. The maximum atomic E-state index is 16.9. The van der Waals surface area contributed by atoms with Crippen molar-refractivity contribution in [3.8, 4) is 22.9 Å². The number of hydrogen-bond donors (Lipinski definition) is 2. The van der Waals surface area contributed by atoms with E-state index in [1.165, 1.54) is 12.1 Å². The molecule has 4 aliphatic heterocycles. The van der Waals surface area contributed by atoms with Gasteiger partial charge in [-0.25, -0.2) is 18.2 Å². The third kappa shape index (κ3) is 4.30. The molecule has 3 fully saturated rings. The molecular weight excluding hydrogens is 603 g/mol. The van der Waals surface area contributed by atoms with E-state index in [0.29, 0.717) is 50.3 Å². The molecule has 4 aromatic rings. The average Bonchev–Trinajstić information content (AvgIpc) is 3.65. The molecule has 0 spiro atoms. The largest absolute Gasteiger partial charge is 0.491 e. The number of nitrogens with zero attached hydrogens (tertiary/aromatic N) is 5. The third-order valence-electron chi connectivity index (χ3n) is 9.27. The second kappa shape index (κ2) is 10.2. The zero-order valence-electron chi connectivity index (χ0n) is 23.1. The van der Waals surface area contributed by atoms with E-state index in [0.717, 1.165) is 37.3 Å². The van der Waals surface area contributed by atoms with Gasteiger partial charge in [-0.15, -0.1) is 0 Å². The molecule has 0 unspecified atom stereocenters. The van der Waals surface area contributed by atoms with Crippen molar-refractivity contribution in [1.29, 1.82) is 0 Å². The fourth-order valence-electron chi connectivity index (χ4n) is 7.32. The number of fused-ring (bicyclic) bond motifs is 4. The van der Waals surface area contributed by atoms with Crippen LogP contribution in [0.3, 0.4) is 0 Å². The van der Waals surface area contributed by atoms with Gasteiger partial charge in [0.1, 0.15) is 29.9 Å². The highest BCUT2D eigenvalue weighted by molar-refractivity contribution is 7.22. The van der Waals surface area contributed by atoms with Gasteiger partial charge < -0.3 is 25.4 Å². The van der Waals surface area contributed by atoms with Crippen LogP contribution < -0.4 is 25.4 Å². The van der Waals surface area contributed by atoms with Crippen molar-refractivity contribution in [2.75, 3.05) is 56.6 Å². The summed E-state index contributed by atoms with van der Waals surface area (Å²) in [6.07, 6.45) is 1.93. The summed E-state index contributed by atoms with van der Waals surface area (Å²) in [6.45, 7) is 3.81. The van der Waals surface area contributed by atoms with E-state index < -0.39 is 23.3 Å². The number of piperazine rings is 1. The third-order valence-corrected chi connectivity index (χ3v) is 10.5. The molecule has 6 heterocycles. The van der Waals surface area contributed by atoms with E-state index in [1.807, 2.05) is 0 Å². The van der Waals surface area contributed by atoms with Crippen molar-refractivity contribution in [3.05, 3.63) is 28.8 Å². The van der Waals surface area contributed by atoms with Gasteiger partial charge in [0.25, 0.3) is 0 Å². The average molecular weight is 632 g/mol. The minimum atomic E-state index is -0.911. The number of aromatic nitrogens is 3. The van der Waals surface area contributed by atoms with Crippen LogP contribution in [0, 0.1) is 11.6 Å². The van der Waals surface area contributed by atoms with Gasteiger partial charge in [-0.3, -0.25) is 4.90 Å². The van der Waals surface area contributed by atoms with Crippen LogP contribution in [-0.2, 0) is 0 Å². The monoisotopic (exact) mass is 631 g/mol. The van der Waals surface area contributed by atoms with Crippen LogP contribution in [0.2, 0.25) is 5.02 Å². The lowest BCUT2D eigenvalue weighted by atomic mass is 9.95. The molecule has 0 amide bonds. The molecule has 43 heavy (non-hydrogen) atoms. The molecule has 2 aromatic heterocycles. The van der Waals surface area contributed by atoms with Gasteiger partial charge in [0.05, 0.1) is 32.8 Å². The van der Waals surface area contributed by atoms with Crippen LogP contribution >= 0.6 is 22.9 Å². The number of anilines is 2. The number of benzene rings is 2. The summed E-state index contributed by atoms with van der Waals surface area (Å²) < 4.78 is 58.7. The van der Waals surface area contributed by atoms with Crippen molar-refractivity contribution in [1.82, 2.24) is 25.2 Å². The van der Waals surface area contributed by atoms with Crippen molar-refractivity contribution in [3.63, 3.8) is 0 Å². The fourth-order valence-corrected chi connectivity index (χ4v) is 8.41. The first-order chi connectivity index (χ1) is 20.8. The Morgan fingerprint density at radius 2 is 2.09 bits per heavy atom. The molecule has 9 nitrogen and oxygen atoms in total. The summed E-state index contributed by atoms with van der Waals surface area (Å²) in [7, 11) is 0. The number of ether oxygens (including phenoxy) is 2. The van der Waals surface area contributed by atoms with E-state index in [-0.39, 0.29) is 61.4 Å². The topological polar surface area (TPSA) is 102 Å². The SMILES string of the molecule is Nc1nc2c(-c3c(Cl)c4c5c(nc(OC[C@@]67CCCN6C[C@H](F)C7)nc5c3F)N3CCNC[C@@H]3CCO4)ccc(F)c2s1. The maximum absolute atomic E-state index is 16.9. The van der Waals surface area contributed by atoms with Gasteiger partial charge in [0.2, 0.25) is 0 Å². The molecule has 226 valence electrons. The van der Waals surface area contributed by atoms with Crippen LogP contribution in [-0.4, -0.2) is 83.5 Å². The highest BCUT2D eigenvalue weighted by Crippen LogP contribution is 2.50. The maximum Gasteiger partial charge on any atom is 0.319 e. The van der Waals surface area contributed by atoms with Crippen LogP contribution in [0.15, 0.2) is 12.1 Å². The summed E-state index contributed by atoms with van der Waals surface area (Å²) in [5, 5.41) is 3.94. The van der Waals surface area contributed by atoms with Gasteiger partial charge >= 0.3 is 6.01 Å². The van der Waals surface area contributed by atoms with Crippen molar-refractivity contribution < 1.29 is 22.6 Å². The summed E-state index contributed by atoms with van der Waals surface area (Å²) in [5.74, 6) is -0.503. The number of nitrogen functional groups attached to an aromatic ring is 1. The highest BCUT2D eigenvalue weighted by Gasteiger charge is 2.49. The molecular formula is C29H29ClF3N7O2S. The molecule has 4 aliphatic rings. The molecule has 8 rings (SSSR count). The lowest BCUT2D eigenvalue weighted by Gasteiger charge is -2.39. The number of nitrogens with two attached hydrogens (primary N) is 1. The number of thiazole rings is 1. The molecule has 3 atom stereocenters. The molecule has 2 aromatic carbocycles. The Morgan fingerprint density at radius 3 is 2.98 bits per heavy atom. The Bertz CT molecular complexity index is 1780. The van der Waals surface area contributed by atoms with Gasteiger partial charge in [-0.2, -0.15) is 9.97 Å². The molecule has 3 N–H and O–H groups in total. The lowest BCUT2D eigenvalue weighted by Crippen LogP contribution is -2.52. The van der Waals surface area contributed by atoms with Crippen LogP contribution in [0.1, 0.15) is 25.7 Å². The predicted molar refractivity (Wildman–Crippen MR) is 160 cm³/mol. The van der Waals surface area contributed by atoms with E-state index >= 15 is 4.39 Å². The first-order valence-corrected chi connectivity index (χ1v) is 15.7. The number of hydrogen-bond acceptors (Lipinski definition) is 10. The Kier molecular flexibility index (Phi) is 6.51. The van der Waals surface area contributed by atoms with E-state index in [9.17, 15) is 8.78 Å². The first kappa shape index (κ1) is 27.4. The number of alkyl halides is 1. The van der Waals surface area contributed by atoms with Crippen molar-refractivity contribution in [2.45, 2.75) is 43.4 Å². The van der Waals surface area contributed by atoms with Crippen molar-refractivity contribution >= 4 is 55.0 Å². The zero-order chi connectivity index (χ0) is 29.5. The predicted octanol–water partition coefficient (Wildman–Crippen LogP) is 4.94.